The number of benzene rings is 2. The molecule has 0 saturated heterocycles. The van der Waals surface area contributed by atoms with E-state index in [0.717, 1.165) is 4.31 Å². The van der Waals surface area contributed by atoms with Gasteiger partial charge in [-0.2, -0.15) is 0 Å². The molecule has 2 rings (SSSR count). The van der Waals surface area contributed by atoms with Gasteiger partial charge < -0.3 is 14.8 Å². The number of nitrogens with zero attached hydrogens (tertiary/aromatic N) is 1. The summed E-state index contributed by atoms with van der Waals surface area (Å²) in [7, 11) is 0.994. The third-order valence-corrected chi connectivity index (χ3v) is 5.47. The van der Waals surface area contributed by atoms with Gasteiger partial charge in [-0.15, -0.1) is 0 Å². The highest BCUT2D eigenvalue weighted by Crippen LogP contribution is 2.19. The van der Waals surface area contributed by atoms with Crippen molar-refractivity contribution < 1.29 is 22.7 Å². The van der Waals surface area contributed by atoms with Gasteiger partial charge >= 0.3 is 0 Å². The van der Waals surface area contributed by atoms with Crippen LogP contribution in [0.1, 0.15) is 6.92 Å². The van der Waals surface area contributed by atoms with Crippen LogP contribution in [0.15, 0.2) is 53.4 Å². The number of hydrogen-bond donors (Lipinski definition) is 1. The Morgan fingerprint density at radius 1 is 1.00 bits per heavy atom. The van der Waals surface area contributed by atoms with Gasteiger partial charge in [-0.3, -0.25) is 4.79 Å². The Balaban J connectivity index is 2.00. The molecule has 2 aromatic carbocycles. The summed E-state index contributed by atoms with van der Waals surface area (Å²) in [6, 6.07) is 12.9. The van der Waals surface area contributed by atoms with Gasteiger partial charge in [-0.05, 0) is 55.5 Å². The Morgan fingerprint density at radius 2 is 1.54 bits per heavy atom. The molecule has 0 saturated carbocycles. The molecule has 1 atom stereocenters. The number of ether oxygens (including phenoxy) is 2. The lowest BCUT2D eigenvalue weighted by atomic mass is 10.3. The summed E-state index contributed by atoms with van der Waals surface area (Å²) in [6.45, 7) is 1.63. The highest BCUT2D eigenvalue weighted by Gasteiger charge is 2.18. The van der Waals surface area contributed by atoms with Crippen molar-refractivity contribution in [3.63, 3.8) is 0 Å². The molecule has 0 fully saturated rings. The second-order valence-electron chi connectivity index (χ2n) is 5.74. The number of carbonyl (C=O) groups excluding carboxylic acids is 1. The van der Waals surface area contributed by atoms with Crippen molar-refractivity contribution in [1.82, 2.24) is 4.31 Å². The molecular weight excluding hydrogens is 356 g/mol. The maximum absolute atomic E-state index is 12.2. The molecule has 26 heavy (non-hydrogen) atoms. The van der Waals surface area contributed by atoms with Crippen molar-refractivity contribution in [3.05, 3.63) is 48.5 Å². The van der Waals surface area contributed by atoms with Crippen LogP contribution in [0, 0.1) is 0 Å². The first-order valence-electron chi connectivity index (χ1n) is 7.88. The van der Waals surface area contributed by atoms with Crippen LogP contribution in [0.3, 0.4) is 0 Å². The number of anilines is 1. The summed E-state index contributed by atoms with van der Waals surface area (Å²) in [5, 5.41) is 2.70. The number of methoxy groups -OCH3 is 1. The SMILES string of the molecule is COc1ccc(OC(C)C(=O)Nc2ccc(S(=O)(=O)N(C)C)cc2)cc1. The summed E-state index contributed by atoms with van der Waals surface area (Å²) in [5.41, 5.74) is 0.484. The number of nitrogens with one attached hydrogen (secondary N) is 1. The van der Waals surface area contributed by atoms with E-state index in [1.807, 2.05) is 0 Å². The van der Waals surface area contributed by atoms with Gasteiger partial charge in [-0.1, -0.05) is 0 Å². The van der Waals surface area contributed by atoms with Crippen LogP contribution < -0.4 is 14.8 Å². The highest BCUT2D eigenvalue weighted by molar-refractivity contribution is 7.89. The van der Waals surface area contributed by atoms with Gasteiger partial charge in [0.25, 0.3) is 5.91 Å². The molecule has 0 aromatic heterocycles. The van der Waals surface area contributed by atoms with Crippen LogP contribution in [0.25, 0.3) is 0 Å². The lowest BCUT2D eigenvalue weighted by Crippen LogP contribution is -2.30. The van der Waals surface area contributed by atoms with Crippen molar-refractivity contribution in [3.8, 4) is 11.5 Å². The fourth-order valence-corrected chi connectivity index (χ4v) is 2.98. The summed E-state index contributed by atoms with van der Waals surface area (Å²) in [4.78, 5) is 12.4. The van der Waals surface area contributed by atoms with E-state index in [-0.39, 0.29) is 10.8 Å². The van der Waals surface area contributed by atoms with Crippen molar-refractivity contribution >= 4 is 21.6 Å². The van der Waals surface area contributed by atoms with Crippen molar-refractivity contribution in [2.75, 3.05) is 26.5 Å². The smallest absolute Gasteiger partial charge is 0.265 e. The molecule has 0 spiro atoms. The van der Waals surface area contributed by atoms with Crippen LogP contribution in [0.5, 0.6) is 11.5 Å². The highest BCUT2D eigenvalue weighted by atomic mass is 32.2. The van der Waals surface area contributed by atoms with E-state index in [4.69, 9.17) is 9.47 Å². The Morgan fingerprint density at radius 3 is 2.04 bits per heavy atom. The van der Waals surface area contributed by atoms with Gasteiger partial charge in [0.15, 0.2) is 6.10 Å². The van der Waals surface area contributed by atoms with E-state index in [9.17, 15) is 13.2 Å². The number of hydrogen-bond acceptors (Lipinski definition) is 5. The Kier molecular flexibility index (Phi) is 6.23. The van der Waals surface area contributed by atoms with Crippen molar-refractivity contribution in [2.45, 2.75) is 17.9 Å². The minimum Gasteiger partial charge on any atom is -0.497 e. The van der Waals surface area contributed by atoms with Crippen LogP contribution in [0.4, 0.5) is 5.69 Å². The first kappa shape index (κ1) is 19.7. The first-order chi connectivity index (χ1) is 12.2. The van der Waals surface area contributed by atoms with Crippen LogP contribution in [-0.2, 0) is 14.8 Å². The molecule has 1 N–H and O–H groups in total. The zero-order chi connectivity index (χ0) is 19.3. The van der Waals surface area contributed by atoms with Gasteiger partial charge in [0.1, 0.15) is 11.5 Å². The Bertz CT molecular complexity index is 846. The quantitative estimate of drug-likeness (QED) is 0.799. The normalized spacial score (nSPS) is 12.5. The number of amides is 1. The number of sulfonamides is 1. The summed E-state index contributed by atoms with van der Waals surface area (Å²) >= 11 is 0. The van der Waals surface area contributed by atoms with Crippen molar-refractivity contribution in [1.29, 1.82) is 0 Å². The van der Waals surface area contributed by atoms with E-state index < -0.39 is 16.1 Å². The summed E-state index contributed by atoms with van der Waals surface area (Å²) < 4.78 is 35.9. The fourth-order valence-electron chi connectivity index (χ4n) is 2.08. The fraction of sp³-hybridized carbons (Fsp3) is 0.278. The minimum absolute atomic E-state index is 0.156. The molecule has 8 heteroatoms. The monoisotopic (exact) mass is 378 g/mol. The number of carbonyl (C=O) groups is 1. The molecule has 1 amide bonds. The molecule has 0 aliphatic carbocycles. The van der Waals surface area contributed by atoms with Gasteiger partial charge in [0.05, 0.1) is 12.0 Å². The number of rotatable bonds is 7. The summed E-state index contributed by atoms with van der Waals surface area (Å²) in [6.07, 6.45) is -0.728. The van der Waals surface area contributed by atoms with Gasteiger partial charge in [0, 0.05) is 19.8 Å². The van der Waals surface area contributed by atoms with Gasteiger partial charge in [0.2, 0.25) is 10.0 Å². The van der Waals surface area contributed by atoms with E-state index in [2.05, 4.69) is 5.32 Å². The standard InChI is InChI=1S/C18H22N2O5S/c1-13(25-16-9-7-15(24-4)8-10-16)18(21)19-14-5-11-17(12-6-14)26(22,23)20(2)3/h5-13H,1-4H3,(H,19,21). The van der Waals surface area contributed by atoms with E-state index in [1.165, 1.54) is 38.4 Å². The lowest BCUT2D eigenvalue weighted by Gasteiger charge is -2.15. The van der Waals surface area contributed by atoms with Crippen LogP contribution in [0.2, 0.25) is 0 Å². The lowest BCUT2D eigenvalue weighted by molar-refractivity contribution is -0.122. The molecule has 0 aliphatic rings. The molecule has 1 unspecified atom stereocenters. The third-order valence-electron chi connectivity index (χ3n) is 3.64. The predicted molar refractivity (Wildman–Crippen MR) is 99.0 cm³/mol. The van der Waals surface area contributed by atoms with Gasteiger partial charge in [-0.25, -0.2) is 12.7 Å². The first-order valence-corrected chi connectivity index (χ1v) is 9.32. The molecule has 0 radical (unpaired) electrons. The van der Waals surface area contributed by atoms with Crippen molar-refractivity contribution in [2.24, 2.45) is 0 Å². The molecule has 2 aromatic rings. The molecule has 0 bridgehead atoms. The maximum atomic E-state index is 12.2. The Labute approximate surface area is 153 Å². The second-order valence-corrected chi connectivity index (χ2v) is 7.89. The van der Waals surface area contributed by atoms with E-state index in [1.54, 1.807) is 38.3 Å². The largest absolute Gasteiger partial charge is 0.497 e. The topological polar surface area (TPSA) is 84.9 Å². The van der Waals surface area contributed by atoms with E-state index in [0.29, 0.717) is 17.2 Å². The Hall–Kier alpha value is -2.58. The molecule has 7 nitrogen and oxygen atoms in total. The minimum atomic E-state index is -3.50. The second kappa shape index (κ2) is 8.20. The third kappa shape index (κ3) is 4.74. The zero-order valence-corrected chi connectivity index (χ0v) is 15.9. The average molecular weight is 378 g/mol. The summed E-state index contributed by atoms with van der Waals surface area (Å²) in [5.74, 6) is 0.895. The predicted octanol–water partition coefficient (Wildman–Crippen LogP) is 2.35. The zero-order valence-electron chi connectivity index (χ0n) is 15.1. The van der Waals surface area contributed by atoms with Crippen LogP contribution >= 0.6 is 0 Å². The maximum Gasteiger partial charge on any atom is 0.265 e. The molecule has 0 heterocycles. The van der Waals surface area contributed by atoms with E-state index >= 15 is 0 Å². The molecular formula is C18H22N2O5S. The van der Waals surface area contributed by atoms with Crippen LogP contribution in [-0.4, -0.2) is 45.9 Å². The average Bonchev–Trinajstić information content (AvgIpc) is 2.62. The molecule has 140 valence electrons. The molecule has 0 aliphatic heterocycles.